The minimum absolute atomic E-state index is 0.0472. The van der Waals surface area contributed by atoms with Crippen LogP contribution in [0.4, 0.5) is 15.8 Å². The number of anilines is 2. The van der Waals surface area contributed by atoms with E-state index in [1.807, 2.05) is 62.6 Å². The molecule has 1 amide bonds. The molecule has 0 atom stereocenters. The summed E-state index contributed by atoms with van der Waals surface area (Å²) in [4.78, 5) is 26.0. The summed E-state index contributed by atoms with van der Waals surface area (Å²) in [6.45, 7) is 0.766. The number of carbonyl (C=O) groups is 2. The Morgan fingerprint density at radius 3 is 2.50 bits per heavy atom. The predicted octanol–water partition coefficient (Wildman–Crippen LogP) is 4.84. The fourth-order valence-electron chi connectivity index (χ4n) is 4.02. The molecule has 3 aromatic carbocycles. The van der Waals surface area contributed by atoms with Crippen LogP contribution < -0.4 is 10.6 Å². The summed E-state index contributed by atoms with van der Waals surface area (Å²) in [5, 5.41) is 15.1. The molecule has 3 N–H and O–H groups in total. The molecule has 0 aromatic heterocycles. The molecule has 0 spiro atoms. The van der Waals surface area contributed by atoms with Crippen LogP contribution in [0.25, 0.3) is 11.3 Å². The van der Waals surface area contributed by atoms with E-state index in [1.54, 1.807) is 6.07 Å². The summed E-state index contributed by atoms with van der Waals surface area (Å²) in [5.74, 6) is -1.59. The first kappa shape index (κ1) is 23.2. The van der Waals surface area contributed by atoms with Gasteiger partial charge in [-0.05, 0) is 67.5 Å². The Morgan fingerprint density at radius 2 is 1.79 bits per heavy atom. The van der Waals surface area contributed by atoms with Crippen molar-refractivity contribution in [3.63, 3.8) is 0 Å². The minimum Gasteiger partial charge on any atom is -0.481 e. The van der Waals surface area contributed by atoms with Gasteiger partial charge in [0.05, 0.1) is 17.0 Å². The molecule has 1 aliphatic heterocycles. The smallest absolute Gasteiger partial charge is 0.303 e. The number of aliphatic carboxylic acids is 1. The van der Waals surface area contributed by atoms with Crippen molar-refractivity contribution in [2.45, 2.75) is 19.4 Å². The van der Waals surface area contributed by atoms with Crippen LogP contribution in [-0.4, -0.2) is 36.0 Å². The molecule has 6 nitrogen and oxygen atoms in total. The first-order valence-corrected chi connectivity index (χ1v) is 11.0. The van der Waals surface area contributed by atoms with Gasteiger partial charge < -0.3 is 20.6 Å². The molecule has 0 bridgehead atoms. The summed E-state index contributed by atoms with van der Waals surface area (Å²) in [7, 11) is 4.00. The van der Waals surface area contributed by atoms with Gasteiger partial charge in [0, 0.05) is 24.2 Å². The van der Waals surface area contributed by atoms with Gasteiger partial charge in [-0.3, -0.25) is 9.59 Å². The molecule has 7 heteroatoms. The van der Waals surface area contributed by atoms with E-state index in [1.165, 1.54) is 12.1 Å². The molecule has 0 saturated carbocycles. The van der Waals surface area contributed by atoms with Crippen LogP contribution in [0.1, 0.15) is 28.7 Å². The zero-order chi connectivity index (χ0) is 24.2. The highest BCUT2D eigenvalue weighted by Gasteiger charge is 2.29. The van der Waals surface area contributed by atoms with E-state index in [9.17, 15) is 14.0 Å². The van der Waals surface area contributed by atoms with Gasteiger partial charge >= 0.3 is 5.97 Å². The summed E-state index contributed by atoms with van der Waals surface area (Å²) < 4.78 is 13.8. The third kappa shape index (κ3) is 5.32. The van der Waals surface area contributed by atoms with E-state index >= 15 is 0 Å². The highest BCUT2D eigenvalue weighted by atomic mass is 19.1. The van der Waals surface area contributed by atoms with Crippen molar-refractivity contribution in [2.24, 2.45) is 0 Å². The van der Waals surface area contributed by atoms with Gasteiger partial charge in [0.15, 0.2) is 0 Å². The van der Waals surface area contributed by atoms with Crippen LogP contribution in [-0.2, 0) is 22.6 Å². The second-order valence-corrected chi connectivity index (χ2v) is 8.55. The summed E-state index contributed by atoms with van der Waals surface area (Å²) in [5.41, 5.74) is 5.65. The molecular formula is C27H26FN3O3. The highest BCUT2D eigenvalue weighted by Crippen LogP contribution is 2.38. The molecule has 1 heterocycles. The van der Waals surface area contributed by atoms with Crippen LogP contribution in [0.5, 0.6) is 0 Å². The number of hydrogen-bond donors (Lipinski definition) is 3. The lowest BCUT2D eigenvalue weighted by Crippen LogP contribution is -2.12. The zero-order valence-electron chi connectivity index (χ0n) is 19.1. The lowest BCUT2D eigenvalue weighted by molar-refractivity contribution is -0.137. The molecule has 1 aliphatic rings. The number of carboxylic acids is 1. The average molecular weight is 460 g/mol. The molecule has 0 saturated heterocycles. The lowest BCUT2D eigenvalue weighted by atomic mass is 9.98. The van der Waals surface area contributed by atoms with Crippen molar-refractivity contribution in [3.05, 3.63) is 94.8 Å². The van der Waals surface area contributed by atoms with Crippen LogP contribution in [0.15, 0.2) is 66.7 Å². The maximum atomic E-state index is 13.8. The monoisotopic (exact) mass is 459 g/mol. The molecule has 0 aliphatic carbocycles. The van der Waals surface area contributed by atoms with Crippen LogP contribution in [0.2, 0.25) is 0 Å². The van der Waals surface area contributed by atoms with E-state index in [2.05, 4.69) is 15.5 Å². The van der Waals surface area contributed by atoms with Crippen molar-refractivity contribution < 1.29 is 19.1 Å². The zero-order valence-corrected chi connectivity index (χ0v) is 19.1. The van der Waals surface area contributed by atoms with Crippen molar-refractivity contribution >= 4 is 34.5 Å². The normalized spacial score (nSPS) is 14.1. The molecule has 0 fully saturated rings. The first-order valence-electron chi connectivity index (χ1n) is 11.0. The number of benzene rings is 3. The maximum absolute atomic E-state index is 13.8. The number of carbonyl (C=O) groups excluding carboxylic acids is 1. The van der Waals surface area contributed by atoms with Crippen molar-refractivity contribution in [1.29, 1.82) is 0 Å². The first-order chi connectivity index (χ1) is 16.3. The molecule has 34 heavy (non-hydrogen) atoms. The van der Waals surface area contributed by atoms with E-state index in [-0.39, 0.29) is 12.3 Å². The number of rotatable bonds is 8. The van der Waals surface area contributed by atoms with Crippen molar-refractivity contribution in [3.8, 4) is 0 Å². The Balaban J connectivity index is 1.78. The largest absolute Gasteiger partial charge is 0.481 e. The highest BCUT2D eigenvalue weighted by molar-refractivity contribution is 6.37. The average Bonchev–Trinajstić information content (AvgIpc) is 3.11. The Labute approximate surface area is 197 Å². The van der Waals surface area contributed by atoms with Gasteiger partial charge in [0.2, 0.25) is 0 Å². The van der Waals surface area contributed by atoms with Crippen molar-refractivity contribution in [2.75, 3.05) is 24.7 Å². The predicted molar refractivity (Wildman–Crippen MR) is 132 cm³/mol. The Kier molecular flexibility index (Phi) is 6.75. The van der Waals surface area contributed by atoms with E-state index < -0.39 is 11.8 Å². The van der Waals surface area contributed by atoms with Gasteiger partial charge in [0.1, 0.15) is 5.82 Å². The standard InChI is InChI=1S/C27H26FN3O3/c1-31(2)16-18-4-3-5-21(14-18)29-26(19-9-6-17(7-10-19)8-13-24(32)33)25-22-12-11-20(28)15-23(22)30-27(25)34/h3-7,9-12,14-15,29H,8,13,16H2,1-2H3,(H,30,34)(H,32,33). The van der Waals surface area contributed by atoms with Crippen LogP contribution in [0, 0.1) is 5.82 Å². The van der Waals surface area contributed by atoms with E-state index in [0.717, 1.165) is 28.9 Å². The third-order valence-corrected chi connectivity index (χ3v) is 5.54. The number of aryl methyl sites for hydroxylation is 1. The molecule has 4 rings (SSSR count). The van der Waals surface area contributed by atoms with Gasteiger partial charge in [-0.15, -0.1) is 0 Å². The number of amides is 1. The minimum atomic E-state index is -0.849. The Hall–Kier alpha value is -3.97. The van der Waals surface area contributed by atoms with E-state index in [4.69, 9.17) is 5.11 Å². The van der Waals surface area contributed by atoms with Crippen molar-refractivity contribution in [1.82, 2.24) is 4.90 Å². The number of nitrogens with one attached hydrogen (secondary N) is 2. The summed E-state index contributed by atoms with van der Waals surface area (Å²) >= 11 is 0. The van der Waals surface area contributed by atoms with E-state index in [0.29, 0.717) is 28.9 Å². The quantitative estimate of drug-likeness (QED) is 0.420. The second-order valence-electron chi connectivity index (χ2n) is 8.55. The Morgan fingerprint density at radius 1 is 1.03 bits per heavy atom. The van der Waals surface area contributed by atoms with Gasteiger partial charge in [-0.2, -0.15) is 0 Å². The van der Waals surface area contributed by atoms with Crippen LogP contribution >= 0.6 is 0 Å². The van der Waals surface area contributed by atoms with Gasteiger partial charge in [0.25, 0.3) is 5.91 Å². The number of carboxylic acid groups (broad SMARTS) is 1. The summed E-state index contributed by atoms with van der Waals surface area (Å²) in [6, 6.07) is 19.7. The summed E-state index contributed by atoms with van der Waals surface area (Å²) in [6.07, 6.45) is 0.468. The van der Waals surface area contributed by atoms with Gasteiger partial charge in [-0.25, -0.2) is 4.39 Å². The number of hydrogen-bond acceptors (Lipinski definition) is 4. The SMILES string of the molecule is CN(C)Cc1cccc(NC(=C2C(=O)Nc3cc(F)ccc32)c2ccc(CCC(=O)O)cc2)c1. The Bertz CT molecular complexity index is 1270. The van der Waals surface area contributed by atoms with Gasteiger partial charge in [-0.1, -0.05) is 36.4 Å². The number of halogens is 1. The number of nitrogens with zero attached hydrogens (tertiary/aromatic N) is 1. The molecule has 0 radical (unpaired) electrons. The molecular weight excluding hydrogens is 433 g/mol. The molecule has 0 unspecified atom stereocenters. The van der Waals surface area contributed by atoms with Crippen LogP contribution in [0.3, 0.4) is 0 Å². The molecule has 174 valence electrons. The number of fused-ring (bicyclic) bond motifs is 1. The fraction of sp³-hybridized carbons (Fsp3) is 0.185. The second kappa shape index (κ2) is 9.89. The fourth-order valence-corrected chi connectivity index (χ4v) is 4.02. The third-order valence-electron chi connectivity index (χ3n) is 5.54. The lowest BCUT2D eigenvalue weighted by Gasteiger charge is -2.17. The molecule has 3 aromatic rings. The maximum Gasteiger partial charge on any atom is 0.303 e. The topological polar surface area (TPSA) is 81.7 Å².